The molecule has 1 aliphatic rings. The first kappa shape index (κ1) is 20.7. The van der Waals surface area contributed by atoms with E-state index < -0.39 is 5.82 Å². The third-order valence-corrected chi connectivity index (χ3v) is 6.20. The highest BCUT2D eigenvalue weighted by molar-refractivity contribution is 5.74. The number of aromatic nitrogens is 2. The van der Waals surface area contributed by atoms with Crippen LogP contribution in [0.15, 0.2) is 47.4 Å². The summed E-state index contributed by atoms with van der Waals surface area (Å²) in [7, 11) is 0. The van der Waals surface area contributed by atoms with Gasteiger partial charge in [0.2, 0.25) is 0 Å². The number of pyridine rings is 2. The number of likely N-dealkylation sites (tertiary alicyclic amines) is 1. The quantitative estimate of drug-likeness (QED) is 0.679. The van der Waals surface area contributed by atoms with Gasteiger partial charge in [0, 0.05) is 37.8 Å². The van der Waals surface area contributed by atoms with E-state index in [9.17, 15) is 9.18 Å². The predicted octanol–water partition coefficient (Wildman–Crippen LogP) is 3.41. The van der Waals surface area contributed by atoms with Gasteiger partial charge in [0.1, 0.15) is 5.82 Å². The van der Waals surface area contributed by atoms with Crippen LogP contribution in [0.25, 0.3) is 11.0 Å². The number of hydrogen-bond donors (Lipinski definition) is 1. The number of rotatable bonds is 6. The molecule has 0 bridgehead atoms. The van der Waals surface area contributed by atoms with Gasteiger partial charge < -0.3 is 14.8 Å². The van der Waals surface area contributed by atoms with Gasteiger partial charge in [-0.1, -0.05) is 18.2 Å². The van der Waals surface area contributed by atoms with Crippen molar-refractivity contribution in [3.8, 4) is 0 Å². The standard InChI is InChI=1S/C24H29FN4O/c1-17-3-4-19(13-18(17)2)15-26-21-7-9-28(10-8-21)11-12-29-23-14-20(25)16-27-22(23)5-6-24(29)30/h3-6,13-14,16,21,26H,7-12,15H2,1-2H3. The molecule has 3 heterocycles. The minimum Gasteiger partial charge on any atom is -0.310 e. The molecular formula is C24H29FN4O. The summed E-state index contributed by atoms with van der Waals surface area (Å²) in [6.45, 7) is 8.51. The van der Waals surface area contributed by atoms with Crippen molar-refractivity contribution in [1.29, 1.82) is 0 Å². The fourth-order valence-electron chi connectivity index (χ4n) is 4.15. The number of benzene rings is 1. The first-order valence-electron chi connectivity index (χ1n) is 10.7. The van der Waals surface area contributed by atoms with Gasteiger partial charge in [0.15, 0.2) is 0 Å². The van der Waals surface area contributed by atoms with Crippen LogP contribution in [0, 0.1) is 19.7 Å². The molecule has 1 saturated heterocycles. The second-order valence-corrected chi connectivity index (χ2v) is 8.30. The Morgan fingerprint density at radius 1 is 1.07 bits per heavy atom. The summed E-state index contributed by atoms with van der Waals surface area (Å²) in [5, 5.41) is 3.69. The van der Waals surface area contributed by atoms with E-state index in [1.165, 1.54) is 35.0 Å². The zero-order chi connectivity index (χ0) is 21.1. The van der Waals surface area contributed by atoms with E-state index in [1.54, 1.807) is 10.6 Å². The second kappa shape index (κ2) is 9.06. The van der Waals surface area contributed by atoms with Gasteiger partial charge in [0.05, 0.1) is 17.2 Å². The molecule has 0 atom stereocenters. The van der Waals surface area contributed by atoms with E-state index in [0.717, 1.165) is 39.0 Å². The van der Waals surface area contributed by atoms with Crippen LogP contribution in [0.2, 0.25) is 0 Å². The molecule has 0 unspecified atom stereocenters. The van der Waals surface area contributed by atoms with Crippen LogP contribution in [0.3, 0.4) is 0 Å². The van der Waals surface area contributed by atoms with Crippen LogP contribution in [0.5, 0.6) is 0 Å². The molecule has 0 radical (unpaired) electrons. The summed E-state index contributed by atoms with van der Waals surface area (Å²) in [6, 6.07) is 11.7. The average Bonchev–Trinajstić information content (AvgIpc) is 2.74. The van der Waals surface area contributed by atoms with Crippen molar-refractivity contribution in [2.75, 3.05) is 19.6 Å². The number of aryl methyl sites for hydroxylation is 2. The van der Waals surface area contributed by atoms with Crippen LogP contribution in [-0.4, -0.2) is 40.1 Å². The summed E-state index contributed by atoms with van der Waals surface area (Å²) in [5.41, 5.74) is 5.09. The van der Waals surface area contributed by atoms with Gasteiger partial charge >= 0.3 is 0 Å². The maximum absolute atomic E-state index is 13.6. The molecule has 1 fully saturated rings. The van der Waals surface area contributed by atoms with Gasteiger partial charge in [-0.15, -0.1) is 0 Å². The first-order chi connectivity index (χ1) is 14.5. The lowest BCUT2D eigenvalue weighted by Crippen LogP contribution is -2.43. The molecule has 3 aromatic rings. The second-order valence-electron chi connectivity index (χ2n) is 8.30. The van der Waals surface area contributed by atoms with Crippen LogP contribution in [-0.2, 0) is 13.1 Å². The molecule has 6 heteroatoms. The number of halogens is 1. The number of piperidine rings is 1. The Morgan fingerprint density at radius 2 is 1.87 bits per heavy atom. The Labute approximate surface area is 176 Å². The van der Waals surface area contributed by atoms with E-state index >= 15 is 0 Å². The molecule has 1 aromatic carbocycles. The molecule has 0 spiro atoms. The Balaban J connectivity index is 1.30. The molecule has 0 amide bonds. The molecule has 30 heavy (non-hydrogen) atoms. The van der Waals surface area contributed by atoms with Crippen molar-refractivity contribution < 1.29 is 4.39 Å². The number of nitrogens with zero attached hydrogens (tertiary/aromatic N) is 3. The van der Waals surface area contributed by atoms with Crippen molar-refractivity contribution >= 4 is 11.0 Å². The molecule has 158 valence electrons. The van der Waals surface area contributed by atoms with Crippen molar-refractivity contribution in [3.63, 3.8) is 0 Å². The van der Waals surface area contributed by atoms with Crippen molar-refractivity contribution in [2.45, 2.75) is 45.8 Å². The highest BCUT2D eigenvalue weighted by Gasteiger charge is 2.19. The van der Waals surface area contributed by atoms with E-state index in [1.807, 2.05) is 0 Å². The fourth-order valence-corrected chi connectivity index (χ4v) is 4.15. The molecule has 5 nitrogen and oxygen atoms in total. The molecule has 0 saturated carbocycles. The SMILES string of the molecule is Cc1ccc(CNC2CCN(CCn3c(=O)ccc4ncc(F)cc43)CC2)cc1C. The lowest BCUT2D eigenvalue weighted by atomic mass is 10.0. The molecular weight excluding hydrogens is 379 g/mol. The summed E-state index contributed by atoms with van der Waals surface area (Å²) in [5.74, 6) is -0.419. The van der Waals surface area contributed by atoms with E-state index in [-0.39, 0.29) is 5.56 Å². The Bertz CT molecular complexity index is 1090. The number of nitrogens with one attached hydrogen (secondary N) is 1. The monoisotopic (exact) mass is 408 g/mol. The van der Waals surface area contributed by atoms with Gasteiger partial charge in [-0.25, -0.2) is 4.39 Å². The maximum Gasteiger partial charge on any atom is 0.251 e. The number of hydrogen-bond acceptors (Lipinski definition) is 4. The smallest absolute Gasteiger partial charge is 0.251 e. The third kappa shape index (κ3) is 4.77. The van der Waals surface area contributed by atoms with Crippen molar-refractivity contribution in [3.05, 3.63) is 75.5 Å². The topological polar surface area (TPSA) is 50.2 Å². The minimum atomic E-state index is -0.419. The predicted molar refractivity (Wildman–Crippen MR) is 118 cm³/mol. The van der Waals surface area contributed by atoms with Crippen LogP contribution < -0.4 is 10.9 Å². The van der Waals surface area contributed by atoms with Gasteiger partial charge in [0.25, 0.3) is 5.56 Å². The van der Waals surface area contributed by atoms with Gasteiger partial charge in [-0.3, -0.25) is 9.78 Å². The highest BCUT2D eigenvalue weighted by atomic mass is 19.1. The molecule has 0 aliphatic carbocycles. The van der Waals surface area contributed by atoms with E-state index in [2.05, 4.69) is 47.2 Å². The maximum atomic E-state index is 13.6. The lowest BCUT2D eigenvalue weighted by Gasteiger charge is -2.32. The van der Waals surface area contributed by atoms with E-state index in [4.69, 9.17) is 0 Å². The van der Waals surface area contributed by atoms with Crippen LogP contribution in [0.1, 0.15) is 29.5 Å². The Kier molecular flexibility index (Phi) is 6.25. The molecule has 1 aliphatic heterocycles. The summed E-state index contributed by atoms with van der Waals surface area (Å²) < 4.78 is 15.3. The van der Waals surface area contributed by atoms with E-state index in [0.29, 0.717) is 23.6 Å². The summed E-state index contributed by atoms with van der Waals surface area (Å²) in [4.78, 5) is 18.8. The normalized spacial score (nSPS) is 15.7. The average molecular weight is 409 g/mol. The Hall–Kier alpha value is -2.57. The molecule has 1 N–H and O–H groups in total. The fraction of sp³-hybridized carbons (Fsp3) is 0.417. The van der Waals surface area contributed by atoms with Crippen molar-refractivity contribution in [2.24, 2.45) is 0 Å². The third-order valence-electron chi connectivity index (χ3n) is 6.20. The highest BCUT2D eigenvalue weighted by Crippen LogP contribution is 2.15. The summed E-state index contributed by atoms with van der Waals surface area (Å²) >= 11 is 0. The van der Waals surface area contributed by atoms with Gasteiger partial charge in [-0.05, 0) is 62.5 Å². The zero-order valence-electron chi connectivity index (χ0n) is 17.7. The van der Waals surface area contributed by atoms with Crippen LogP contribution >= 0.6 is 0 Å². The zero-order valence-corrected chi connectivity index (χ0v) is 17.7. The van der Waals surface area contributed by atoms with Crippen LogP contribution in [0.4, 0.5) is 4.39 Å². The number of fused-ring (bicyclic) bond motifs is 1. The molecule has 4 rings (SSSR count). The van der Waals surface area contributed by atoms with Crippen molar-refractivity contribution in [1.82, 2.24) is 19.8 Å². The minimum absolute atomic E-state index is 0.111. The Morgan fingerprint density at radius 3 is 2.63 bits per heavy atom. The first-order valence-corrected chi connectivity index (χ1v) is 10.7. The largest absolute Gasteiger partial charge is 0.310 e. The summed E-state index contributed by atoms with van der Waals surface area (Å²) in [6.07, 6.45) is 3.36. The van der Waals surface area contributed by atoms with Gasteiger partial charge in [-0.2, -0.15) is 0 Å². The lowest BCUT2D eigenvalue weighted by molar-refractivity contribution is 0.191. The molecule has 2 aromatic heterocycles.